The van der Waals surface area contributed by atoms with Crippen molar-refractivity contribution in [2.75, 3.05) is 0 Å². The molecule has 0 saturated carbocycles. The Morgan fingerprint density at radius 3 is 2.83 bits per heavy atom. The highest BCUT2D eigenvalue weighted by molar-refractivity contribution is 5.88. The van der Waals surface area contributed by atoms with Crippen LogP contribution >= 0.6 is 0 Å². The zero-order valence-electron chi connectivity index (χ0n) is 10.2. The van der Waals surface area contributed by atoms with Crippen molar-refractivity contribution in [3.05, 3.63) is 29.8 Å². The summed E-state index contributed by atoms with van der Waals surface area (Å²) >= 11 is 0. The lowest BCUT2D eigenvalue weighted by Crippen LogP contribution is -2.08. The second-order valence-corrected chi connectivity index (χ2v) is 3.75. The van der Waals surface area contributed by atoms with Gasteiger partial charge in [0.2, 0.25) is 0 Å². The van der Waals surface area contributed by atoms with Gasteiger partial charge in [-0.2, -0.15) is 10.2 Å². The summed E-state index contributed by atoms with van der Waals surface area (Å²) < 4.78 is 8.72. The largest absolute Gasteiger partial charge is 0.484 e. The second kappa shape index (κ2) is 4.91. The Morgan fingerprint density at radius 1 is 1.44 bits per heavy atom. The first kappa shape index (κ1) is 12.2. The first-order valence-corrected chi connectivity index (χ1v) is 5.51. The van der Waals surface area contributed by atoms with Crippen LogP contribution in [0.4, 0.5) is 0 Å². The Balaban J connectivity index is 2.10. The first-order valence-electron chi connectivity index (χ1n) is 5.51. The van der Waals surface area contributed by atoms with Crippen LogP contribution < -0.4 is 4.74 Å². The van der Waals surface area contributed by atoms with Crippen molar-refractivity contribution in [3.8, 4) is 5.75 Å². The zero-order valence-corrected chi connectivity index (χ0v) is 10.2. The topological polar surface area (TPSA) is 82.2 Å². The summed E-state index contributed by atoms with van der Waals surface area (Å²) in [4.78, 5) is 11.0. The second-order valence-electron chi connectivity index (χ2n) is 3.75. The molecule has 7 heteroatoms. The normalized spacial score (nSPS) is 10.6. The summed E-state index contributed by atoms with van der Waals surface area (Å²) in [5.41, 5.74) is 0.673. The summed E-state index contributed by atoms with van der Waals surface area (Å²) in [6.45, 7) is 2.88. The van der Waals surface area contributed by atoms with E-state index in [1.54, 1.807) is 24.1 Å². The van der Waals surface area contributed by atoms with E-state index in [1.807, 2.05) is 6.92 Å². The van der Waals surface area contributed by atoms with Gasteiger partial charge in [0.15, 0.2) is 5.75 Å². The van der Waals surface area contributed by atoms with Crippen LogP contribution in [0, 0.1) is 0 Å². The summed E-state index contributed by atoms with van der Waals surface area (Å²) in [5, 5.41) is 17.0. The molecule has 0 unspecified atom stereocenters. The molecule has 0 aliphatic carbocycles. The number of nitrogens with zero attached hydrogens (tertiary/aromatic N) is 4. The van der Waals surface area contributed by atoms with E-state index >= 15 is 0 Å². The molecule has 0 atom stereocenters. The molecule has 2 heterocycles. The minimum atomic E-state index is -1.01. The van der Waals surface area contributed by atoms with Crippen LogP contribution in [0.5, 0.6) is 5.75 Å². The lowest BCUT2D eigenvalue weighted by Gasteiger charge is -2.05. The molecule has 0 bridgehead atoms. The van der Waals surface area contributed by atoms with Crippen molar-refractivity contribution in [1.29, 1.82) is 0 Å². The smallest absolute Gasteiger partial charge is 0.339 e. The number of rotatable bonds is 5. The molecule has 0 saturated heterocycles. The lowest BCUT2D eigenvalue weighted by atomic mass is 10.2. The number of aryl methyl sites for hydroxylation is 2. The fraction of sp³-hybridized carbons (Fsp3) is 0.364. The van der Waals surface area contributed by atoms with Crippen molar-refractivity contribution in [3.63, 3.8) is 0 Å². The highest BCUT2D eigenvalue weighted by Crippen LogP contribution is 2.13. The van der Waals surface area contributed by atoms with Gasteiger partial charge < -0.3 is 9.84 Å². The van der Waals surface area contributed by atoms with Crippen LogP contribution in [-0.4, -0.2) is 30.6 Å². The molecule has 0 aromatic carbocycles. The molecule has 0 amide bonds. The van der Waals surface area contributed by atoms with Crippen molar-refractivity contribution in [2.24, 2.45) is 7.05 Å². The van der Waals surface area contributed by atoms with E-state index in [9.17, 15) is 4.79 Å². The SMILES string of the molecule is CCn1cc(OCc2c(C(=O)O)cnn2C)cn1. The maximum Gasteiger partial charge on any atom is 0.339 e. The van der Waals surface area contributed by atoms with E-state index in [-0.39, 0.29) is 12.2 Å². The standard InChI is InChI=1S/C11H14N4O3/c1-3-15-6-8(4-13-15)18-7-10-9(11(16)17)5-12-14(10)2/h4-6H,3,7H2,1-2H3,(H,16,17). The van der Waals surface area contributed by atoms with Crippen LogP contribution in [0.3, 0.4) is 0 Å². The van der Waals surface area contributed by atoms with Crippen molar-refractivity contribution in [2.45, 2.75) is 20.1 Å². The Morgan fingerprint density at radius 2 is 2.22 bits per heavy atom. The molecule has 0 spiro atoms. The van der Waals surface area contributed by atoms with E-state index < -0.39 is 5.97 Å². The van der Waals surface area contributed by atoms with Gasteiger partial charge in [-0.25, -0.2) is 4.79 Å². The van der Waals surface area contributed by atoms with Crippen LogP contribution in [0.1, 0.15) is 23.0 Å². The van der Waals surface area contributed by atoms with E-state index in [0.29, 0.717) is 11.4 Å². The average molecular weight is 250 g/mol. The third-order valence-electron chi connectivity index (χ3n) is 2.60. The summed E-state index contributed by atoms with van der Waals surface area (Å²) in [6.07, 6.45) is 4.67. The molecule has 0 aliphatic rings. The Kier molecular flexibility index (Phi) is 3.31. The number of aromatic carboxylic acids is 1. The average Bonchev–Trinajstić information content (AvgIpc) is 2.93. The van der Waals surface area contributed by atoms with E-state index in [2.05, 4.69) is 10.2 Å². The summed E-state index contributed by atoms with van der Waals surface area (Å²) in [5.74, 6) is -0.402. The molecule has 0 aliphatic heterocycles. The van der Waals surface area contributed by atoms with Gasteiger partial charge in [-0.1, -0.05) is 0 Å². The predicted molar refractivity (Wildman–Crippen MR) is 62.4 cm³/mol. The minimum absolute atomic E-state index is 0.146. The van der Waals surface area contributed by atoms with Crippen molar-refractivity contribution >= 4 is 5.97 Å². The monoisotopic (exact) mass is 250 g/mol. The number of hydrogen-bond donors (Lipinski definition) is 1. The highest BCUT2D eigenvalue weighted by atomic mass is 16.5. The van der Waals surface area contributed by atoms with E-state index in [4.69, 9.17) is 9.84 Å². The Bertz CT molecular complexity index is 558. The van der Waals surface area contributed by atoms with Gasteiger partial charge >= 0.3 is 5.97 Å². The fourth-order valence-corrected chi connectivity index (χ4v) is 1.56. The van der Waals surface area contributed by atoms with Gasteiger partial charge in [0.05, 0.1) is 24.3 Å². The van der Waals surface area contributed by atoms with Crippen LogP contribution in [0.15, 0.2) is 18.6 Å². The molecule has 0 radical (unpaired) electrons. The number of aromatic nitrogens is 4. The molecule has 96 valence electrons. The molecular weight excluding hydrogens is 236 g/mol. The fourth-order valence-electron chi connectivity index (χ4n) is 1.56. The molecule has 2 aromatic heterocycles. The Hall–Kier alpha value is -2.31. The third-order valence-corrected chi connectivity index (χ3v) is 2.60. The van der Waals surface area contributed by atoms with Crippen LogP contribution in [0.25, 0.3) is 0 Å². The molecule has 2 aromatic rings. The molecular formula is C11H14N4O3. The quantitative estimate of drug-likeness (QED) is 0.853. The van der Waals surface area contributed by atoms with Crippen LogP contribution in [0.2, 0.25) is 0 Å². The zero-order chi connectivity index (χ0) is 13.1. The van der Waals surface area contributed by atoms with E-state index in [1.165, 1.54) is 10.9 Å². The highest BCUT2D eigenvalue weighted by Gasteiger charge is 2.15. The number of carboxylic acids is 1. The van der Waals surface area contributed by atoms with Gasteiger partial charge in [0.1, 0.15) is 12.2 Å². The molecule has 2 rings (SSSR count). The van der Waals surface area contributed by atoms with Gasteiger partial charge in [-0.05, 0) is 6.92 Å². The lowest BCUT2D eigenvalue weighted by molar-refractivity contribution is 0.0693. The molecule has 7 nitrogen and oxygen atoms in total. The van der Waals surface area contributed by atoms with Crippen molar-refractivity contribution < 1.29 is 14.6 Å². The third kappa shape index (κ3) is 2.34. The van der Waals surface area contributed by atoms with Gasteiger partial charge in [-0.3, -0.25) is 9.36 Å². The summed E-state index contributed by atoms with van der Waals surface area (Å²) in [7, 11) is 1.68. The number of carboxylic acid groups (broad SMARTS) is 1. The Labute approximate surface area is 104 Å². The van der Waals surface area contributed by atoms with Gasteiger partial charge in [0, 0.05) is 13.6 Å². The van der Waals surface area contributed by atoms with Crippen LogP contribution in [-0.2, 0) is 20.2 Å². The maximum atomic E-state index is 11.0. The molecule has 0 fully saturated rings. The van der Waals surface area contributed by atoms with Crippen molar-refractivity contribution in [1.82, 2.24) is 19.6 Å². The number of carbonyl (C=O) groups is 1. The number of hydrogen-bond acceptors (Lipinski definition) is 4. The molecule has 1 N–H and O–H groups in total. The minimum Gasteiger partial charge on any atom is -0.484 e. The first-order chi connectivity index (χ1) is 8.61. The van der Waals surface area contributed by atoms with Gasteiger partial charge in [0.25, 0.3) is 0 Å². The summed E-state index contributed by atoms with van der Waals surface area (Å²) in [6, 6.07) is 0. The maximum absolute atomic E-state index is 11.0. The molecule has 18 heavy (non-hydrogen) atoms. The predicted octanol–water partition coefficient (Wildman–Crippen LogP) is 0.914. The van der Waals surface area contributed by atoms with Gasteiger partial charge in [-0.15, -0.1) is 0 Å². The number of ether oxygens (including phenoxy) is 1. The van der Waals surface area contributed by atoms with E-state index in [0.717, 1.165) is 6.54 Å².